The van der Waals surface area contributed by atoms with Crippen LogP contribution in [0.2, 0.25) is 5.02 Å². The molecule has 0 radical (unpaired) electrons. The van der Waals surface area contributed by atoms with Crippen LogP contribution in [0.1, 0.15) is 20.7 Å². The number of rotatable bonds is 4. The van der Waals surface area contributed by atoms with Crippen molar-refractivity contribution in [3.63, 3.8) is 0 Å². The third kappa shape index (κ3) is 3.35. The molecule has 0 aliphatic carbocycles. The molecule has 3 aromatic rings. The van der Waals surface area contributed by atoms with Crippen LogP contribution >= 0.6 is 11.6 Å². The molecule has 128 valence electrons. The number of nitrogens with zero attached hydrogens (tertiary/aromatic N) is 1. The van der Waals surface area contributed by atoms with Gasteiger partial charge < -0.3 is 4.74 Å². The lowest BCUT2D eigenvalue weighted by Crippen LogP contribution is -2.29. The Morgan fingerprint density at radius 1 is 1.24 bits per heavy atom. The molecule has 0 saturated carbocycles. The van der Waals surface area contributed by atoms with Gasteiger partial charge in [0, 0.05) is 16.6 Å². The molecule has 0 aliphatic heterocycles. The number of hydrazine groups is 1. The Morgan fingerprint density at radius 3 is 2.72 bits per heavy atom. The minimum absolute atomic E-state index is 0.177. The molecule has 3 N–H and O–H groups in total. The lowest BCUT2D eigenvalue weighted by Gasteiger charge is -2.08. The number of fused-ring (bicyclic) bond motifs is 1. The maximum absolute atomic E-state index is 12.6. The fourth-order valence-electron chi connectivity index (χ4n) is 2.57. The largest absolute Gasteiger partial charge is 0.484 e. The summed E-state index contributed by atoms with van der Waals surface area (Å²) in [4.78, 5) is 24.5. The van der Waals surface area contributed by atoms with E-state index in [0.29, 0.717) is 27.2 Å². The van der Waals surface area contributed by atoms with Crippen LogP contribution in [0.4, 0.5) is 0 Å². The second-order valence-corrected chi connectivity index (χ2v) is 5.90. The van der Waals surface area contributed by atoms with Crippen LogP contribution in [-0.2, 0) is 0 Å². The zero-order valence-corrected chi connectivity index (χ0v) is 14.2. The highest BCUT2D eigenvalue weighted by Crippen LogP contribution is 2.23. The van der Waals surface area contributed by atoms with Crippen molar-refractivity contribution in [3.8, 4) is 5.75 Å². The molecule has 0 bridgehead atoms. The van der Waals surface area contributed by atoms with Crippen LogP contribution in [0.25, 0.3) is 10.9 Å². The summed E-state index contributed by atoms with van der Waals surface area (Å²) in [5.41, 5.74) is 3.89. The van der Waals surface area contributed by atoms with Gasteiger partial charge in [-0.15, -0.1) is 0 Å². The molecule has 0 atom stereocenters. The topological polar surface area (TPSA) is 86.3 Å². The predicted octanol–water partition coefficient (Wildman–Crippen LogP) is 2.93. The summed E-state index contributed by atoms with van der Waals surface area (Å²) in [5, 5.41) is 1.27. The van der Waals surface area contributed by atoms with E-state index in [2.05, 4.69) is 5.43 Å². The van der Waals surface area contributed by atoms with Gasteiger partial charge >= 0.3 is 0 Å². The molecular weight excluding hydrogens is 342 g/mol. The van der Waals surface area contributed by atoms with Gasteiger partial charge in [-0.3, -0.25) is 19.6 Å². The van der Waals surface area contributed by atoms with Gasteiger partial charge in [0.15, 0.2) is 6.61 Å². The number of benzene rings is 2. The van der Waals surface area contributed by atoms with Crippen LogP contribution in [0, 0.1) is 6.92 Å². The van der Waals surface area contributed by atoms with Crippen molar-refractivity contribution in [2.24, 2.45) is 5.84 Å². The minimum Gasteiger partial charge on any atom is -0.484 e. The number of carbonyl (C=O) groups excluding carboxylic acids is 2. The second kappa shape index (κ2) is 6.96. The minimum atomic E-state index is -0.461. The van der Waals surface area contributed by atoms with E-state index in [4.69, 9.17) is 22.2 Å². The number of aromatic nitrogens is 1. The van der Waals surface area contributed by atoms with E-state index < -0.39 is 5.91 Å². The number of ether oxygens (including phenoxy) is 1. The normalized spacial score (nSPS) is 10.7. The Bertz CT molecular complexity index is 965. The van der Waals surface area contributed by atoms with Crippen molar-refractivity contribution in [2.75, 3.05) is 6.61 Å². The highest BCUT2D eigenvalue weighted by Gasteiger charge is 2.17. The van der Waals surface area contributed by atoms with Crippen LogP contribution in [0.5, 0.6) is 5.75 Å². The number of carbonyl (C=O) groups is 2. The highest BCUT2D eigenvalue weighted by molar-refractivity contribution is 6.31. The van der Waals surface area contributed by atoms with Crippen molar-refractivity contribution < 1.29 is 14.3 Å². The van der Waals surface area contributed by atoms with E-state index in [1.165, 1.54) is 10.8 Å². The Morgan fingerprint density at radius 2 is 2.00 bits per heavy atom. The number of hydrogen-bond donors (Lipinski definition) is 2. The van der Waals surface area contributed by atoms with E-state index in [1.807, 2.05) is 6.92 Å². The smallest absolute Gasteiger partial charge is 0.269 e. The van der Waals surface area contributed by atoms with Gasteiger partial charge in [0.25, 0.3) is 11.8 Å². The van der Waals surface area contributed by atoms with E-state index in [9.17, 15) is 9.59 Å². The second-order valence-electron chi connectivity index (χ2n) is 5.50. The van der Waals surface area contributed by atoms with Gasteiger partial charge in [0.05, 0.1) is 11.1 Å². The highest BCUT2D eigenvalue weighted by atomic mass is 35.5. The number of nitrogens with two attached hydrogens (primary N) is 1. The van der Waals surface area contributed by atoms with Crippen LogP contribution in [0.3, 0.4) is 0 Å². The molecule has 0 aliphatic rings. The third-order valence-corrected chi connectivity index (χ3v) is 4.27. The lowest BCUT2D eigenvalue weighted by molar-refractivity contribution is 0.0843. The van der Waals surface area contributed by atoms with Crippen LogP contribution < -0.4 is 16.0 Å². The van der Waals surface area contributed by atoms with Crippen molar-refractivity contribution in [2.45, 2.75) is 6.92 Å². The predicted molar refractivity (Wildman–Crippen MR) is 95.9 cm³/mol. The van der Waals surface area contributed by atoms with E-state index >= 15 is 0 Å². The van der Waals surface area contributed by atoms with Gasteiger partial charge in [-0.05, 0) is 36.8 Å². The zero-order chi connectivity index (χ0) is 18.0. The fourth-order valence-corrected chi connectivity index (χ4v) is 2.68. The number of aryl methyl sites for hydroxylation is 1. The first-order valence-electron chi connectivity index (χ1n) is 7.54. The first-order valence-corrected chi connectivity index (χ1v) is 7.92. The van der Waals surface area contributed by atoms with Crippen molar-refractivity contribution >= 4 is 34.3 Å². The maximum Gasteiger partial charge on any atom is 0.269 e. The fraction of sp³-hybridized carbons (Fsp3) is 0.111. The summed E-state index contributed by atoms with van der Waals surface area (Å²) in [6.07, 6.45) is 1.46. The van der Waals surface area contributed by atoms with E-state index in [1.54, 1.807) is 42.5 Å². The summed E-state index contributed by atoms with van der Waals surface area (Å²) in [7, 11) is 0. The third-order valence-electron chi connectivity index (χ3n) is 3.85. The molecule has 0 saturated heterocycles. The van der Waals surface area contributed by atoms with Gasteiger partial charge in [-0.25, -0.2) is 5.84 Å². The molecule has 0 unspecified atom stereocenters. The SMILES string of the molecule is Cc1cc(OCC(=O)n2cc(C(=O)NN)c3ccccc32)ccc1Cl. The first-order chi connectivity index (χ1) is 12.0. The zero-order valence-electron chi connectivity index (χ0n) is 13.5. The monoisotopic (exact) mass is 357 g/mol. The standard InChI is InChI=1S/C18H16ClN3O3/c1-11-8-12(6-7-15(11)19)25-10-17(23)22-9-14(18(24)21-20)13-4-2-3-5-16(13)22/h2-9H,10,20H2,1H3,(H,21,24). The molecule has 1 heterocycles. The lowest BCUT2D eigenvalue weighted by atomic mass is 10.2. The molecule has 0 spiro atoms. The number of para-hydroxylation sites is 1. The number of halogens is 1. The van der Waals surface area contributed by atoms with Gasteiger partial charge in [0.1, 0.15) is 5.75 Å². The van der Waals surface area contributed by atoms with Gasteiger partial charge in [0.2, 0.25) is 0 Å². The molecule has 3 rings (SSSR count). The summed E-state index contributed by atoms with van der Waals surface area (Å²) in [6, 6.07) is 12.3. The average molecular weight is 358 g/mol. The molecule has 0 fully saturated rings. The molecule has 25 heavy (non-hydrogen) atoms. The summed E-state index contributed by atoms with van der Waals surface area (Å²) in [5.74, 6) is 4.99. The van der Waals surface area contributed by atoms with Crippen LogP contribution in [0.15, 0.2) is 48.7 Å². The molecular formula is C18H16ClN3O3. The number of nitrogen functional groups attached to an aromatic ring is 1. The quantitative estimate of drug-likeness (QED) is 0.427. The number of nitrogens with one attached hydrogen (secondary N) is 1. The first kappa shape index (κ1) is 17.0. The van der Waals surface area contributed by atoms with E-state index in [0.717, 1.165) is 5.56 Å². The summed E-state index contributed by atoms with van der Waals surface area (Å²) in [6.45, 7) is 1.68. The van der Waals surface area contributed by atoms with E-state index in [-0.39, 0.29) is 12.5 Å². The Hall–Kier alpha value is -2.83. The maximum atomic E-state index is 12.6. The molecule has 1 amide bonds. The summed E-state index contributed by atoms with van der Waals surface area (Å²) >= 11 is 5.98. The number of hydrogen-bond acceptors (Lipinski definition) is 4. The van der Waals surface area contributed by atoms with Crippen molar-refractivity contribution in [3.05, 3.63) is 64.8 Å². The van der Waals surface area contributed by atoms with Gasteiger partial charge in [-0.2, -0.15) is 0 Å². The molecule has 6 nitrogen and oxygen atoms in total. The Labute approximate surface area is 149 Å². The number of amides is 1. The molecule has 7 heteroatoms. The average Bonchev–Trinajstić information content (AvgIpc) is 3.01. The molecule has 1 aromatic heterocycles. The Kier molecular flexibility index (Phi) is 4.74. The van der Waals surface area contributed by atoms with Crippen molar-refractivity contribution in [1.82, 2.24) is 9.99 Å². The van der Waals surface area contributed by atoms with Gasteiger partial charge in [-0.1, -0.05) is 29.8 Å². The summed E-state index contributed by atoms with van der Waals surface area (Å²) < 4.78 is 6.94. The Balaban J connectivity index is 1.87. The van der Waals surface area contributed by atoms with Crippen LogP contribution in [-0.4, -0.2) is 23.0 Å². The van der Waals surface area contributed by atoms with Crippen molar-refractivity contribution in [1.29, 1.82) is 0 Å². The molecule has 2 aromatic carbocycles.